The van der Waals surface area contributed by atoms with Crippen LogP contribution in [0, 0.1) is 0 Å². The van der Waals surface area contributed by atoms with E-state index >= 15 is 0 Å². The molecule has 0 spiro atoms. The molecule has 0 aliphatic heterocycles. The van der Waals surface area contributed by atoms with Gasteiger partial charge in [-0.2, -0.15) is 0 Å². The zero-order chi connectivity index (χ0) is 14.8. The summed E-state index contributed by atoms with van der Waals surface area (Å²) in [6.45, 7) is 0. The quantitative estimate of drug-likeness (QED) is 0.864. The second-order valence-corrected chi connectivity index (χ2v) is 6.42. The van der Waals surface area contributed by atoms with E-state index in [1.54, 1.807) is 7.11 Å². The van der Waals surface area contributed by atoms with Crippen LogP contribution in [0.4, 0.5) is 0 Å². The summed E-state index contributed by atoms with van der Waals surface area (Å²) in [7, 11) is 3.74. The molecule has 2 atom stereocenters. The Kier molecular flexibility index (Phi) is 4.32. The number of hydrogen-bond donors (Lipinski definition) is 1. The molecule has 1 aliphatic carbocycles. The van der Waals surface area contributed by atoms with E-state index in [-0.39, 0.29) is 0 Å². The number of hydrogen-bond acceptors (Lipinski definition) is 2. The number of rotatable bonds is 5. The van der Waals surface area contributed by atoms with Gasteiger partial charge >= 0.3 is 0 Å². The van der Waals surface area contributed by atoms with E-state index in [2.05, 4.69) is 57.6 Å². The average Bonchev–Trinajstić information content (AvgIpc) is 2.50. The summed E-state index contributed by atoms with van der Waals surface area (Å²) >= 11 is 3.67. The Hall–Kier alpha value is -1.32. The molecule has 2 aromatic carbocycles. The number of halogens is 1. The van der Waals surface area contributed by atoms with Gasteiger partial charge in [-0.05, 0) is 60.7 Å². The van der Waals surface area contributed by atoms with Gasteiger partial charge in [0.05, 0.1) is 7.11 Å². The van der Waals surface area contributed by atoms with Gasteiger partial charge in [0.15, 0.2) is 0 Å². The third-order valence-corrected chi connectivity index (χ3v) is 5.13. The lowest BCUT2D eigenvalue weighted by Gasteiger charge is -2.33. The maximum absolute atomic E-state index is 5.36. The molecule has 1 N–H and O–H groups in total. The van der Waals surface area contributed by atoms with Crippen molar-refractivity contribution in [1.29, 1.82) is 0 Å². The monoisotopic (exact) mass is 345 g/mol. The Morgan fingerprint density at radius 1 is 1.29 bits per heavy atom. The number of benzene rings is 2. The summed E-state index contributed by atoms with van der Waals surface area (Å²) in [6, 6.07) is 15.3. The van der Waals surface area contributed by atoms with Gasteiger partial charge in [-0.25, -0.2) is 0 Å². The van der Waals surface area contributed by atoms with Gasteiger partial charge in [-0.1, -0.05) is 40.2 Å². The van der Waals surface area contributed by atoms with Crippen LogP contribution in [-0.4, -0.2) is 14.2 Å². The van der Waals surface area contributed by atoms with Gasteiger partial charge in [-0.3, -0.25) is 0 Å². The molecule has 0 heterocycles. The smallest absolute Gasteiger partial charge is 0.119 e. The van der Waals surface area contributed by atoms with Crippen molar-refractivity contribution in [2.45, 2.75) is 24.8 Å². The van der Waals surface area contributed by atoms with Crippen LogP contribution in [0.5, 0.6) is 5.75 Å². The summed E-state index contributed by atoms with van der Waals surface area (Å²) in [5.74, 6) is 1.55. The molecule has 0 aromatic heterocycles. The first kappa shape index (κ1) is 14.6. The lowest BCUT2D eigenvalue weighted by atomic mass is 9.74. The van der Waals surface area contributed by atoms with Crippen molar-refractivity contribution in [2.75, 3.05) is 14.2 Å². The van der Waals surface area contributed by atoms with Gasteiger partial charge in [0.2, 0.25) is 0 Å². The minimum absolute atomic E-state index is 0.327. The van der Waals surface area contributed by atoms with E-state index in [1.165, 1.54) is 23.1 Å². The van der Waals surface area contributed by atoms with Gasteiger partial charge in [0, 0.05) is 10.5 Å². The molecule has 0 radical (unpaired) electrons. The Morgan fingerprint density at radius 2 is 2.10 bits per heavy atom. The fourth-order valence-corrected chi connectivity index (χ4v) is 3.70. The molecule has 110 valence electrons. The average molecular weight is 346 g/mol. The summed E-state index contributed by atoms with van der Waals surface area (Å²) in [5.41, 5.74) is 4.28. The van der Waals surface area contributed by atoms with E-state index < -0.39 is 0 Å². The molecular formula is C18H20BrNO. The summed E-state index contributed by atoms with van der Waals surface area (Å²) in [5, 5.41) is 3.45. The van der Waals surface area contributed by atoms with Crippen molar-refractivity contribution < 1.29 is 4.74 Å². The summed E-state index contributed by atoms with van der Waals surface area (Å²) in [4.78, 5) is 0. The first-order valence-corrected chi connectivity index (χ1v) is 8.10. The number of fused-ring (bicyclic) bond motifs is 1. The molecule has 1 aliphatic rings. The minimum atomic E-state index is 0.327. The second kappa shape index (κ2) is 6.20. The Labute approximate surface area is 134 Å². The van der Waals surface area contributed by atoms with E-state index in [1.807, 2.05) is 13.1 Å². The highest BCUT2D eigenvalue weighted by Gasteiger charge is 2.28. The van der Waals surface area contributed by atoms with Crippen LogP contribution in [0.3, 0.4) is 0 Å². The molecule has 2 nitrogen and oxygen atoms in total. The third kappa shape index (κ3) is 2.85. The Bertz CT molecular complexity index is 641. The van der Waals surface area contributed by atoms with Gasteiger partial charge in [0.1, 0.15) is 5.75 Å². The van der Waals surface area contributed by atoms with Gasteiger partial charge in [0.25, 0.3) is 0 Å². The SMILES string of the molecule is CNC(CC1Cc2ccccc21)c1cc(OC)ccc1Br. The zero-order valence-electron chi connectivity index (χ0n) is 12.4. The first-order valence-electron chi connectivity index (χ1n) is 7.31. The maximum Gasteiger partial charge on any atom is 0.119 e. The lowest BCUT2D eigenvalue weighted by molar-refractivity contribution is 0.410. The highest BCUT2D eigenvalue weighted by molar-refractivity contribution is 9.10. The number of methoxy groups -OCH3 is 1. The minimum Gasteiger partial charge on any atom is -0.497 e. The molecule has 0 bridgehead atoms. The molecule has 3 heteroatoms. The topological polar surface area (TPSA) is 21.3 Å². The standard InChI is InChI=1S/C18H20BrNO/c1-20-18(16-11-14(21-2)7-8-17(16)19)10-13-9-12-5-3-4-6-15(12)13/h3-8,11,13,18,20H,9-10H2,1-2H3. The number of nitrogens with one attached hydrogen (secondary N) is 1. The van der Waals surface area contributed by atoms with E-state index in [0.717, 1.165) is 16.6 Å². The summed E-state index contributed by atoms with van der Waals surface area (Å²) < 4.78 is 6.49. The van der Waals surface area contributed by atoms with E-state index in [4.69, 9.17) is 4.74 Å². The summed E-state index contributed by atoms with van der Waals surface area (Å²) in [6.07, 6.45) is 2.30. The van der Waals surface area contributed by atoms with Crippen molar-refractivity contribution in [1.82, 2.24) is 5.32 Å². The molecular weight excluding hydrogens is 326 g/mol. The molecule has 3 rings (SSSR count). The highest BCUT2D eigenvalue weighted by Crippen LogP contribution is 2.42. The molecule has 2 aromatic rings. The van der Waals surface area contributed by atoms with Crippen molar-refractivity contribution >= 4 is 15.9 Å². The normalized spacial score (nSPS) is 17.8. The maximum atomic E-state index is 5.36. The molecule has 0 saturated heterocycles. The predicted octanol–water partition coefficient (Wildman–Crippen LogP) is 4.45. The molecule has 0 saturated carbocycles. The van der Waals surface area contributed by atoms with Crippen LogP contribution in [0.25, 0.3) is 0 Å². The van der Waals surface area contributed by atoms with Crippen molar-refractivity contribution in [2.24, 2.45) is 0 Å². The van der Waals surface area contributed by atoms with Crippen LogP contribution in [0.2, 0.25) is 0 Å². The van der Waals surface area contributed by atoms with Crippen molar-refractivity contribution in [3.05, 3.63) is 63.6 Å². The third-order valence-electron chi connectivity index (χ3n) is 4.41. The Morgan fingerprint density at radius 3 is 2.81 bits per heavy atom. The fraction of sp³-hybridized carbons (Fsp3) is 0.333. The fourth-order valence-electron chi connectivity index (χ4n) is 3.17. The molecule has 0 amide bonds. The molecule has 21 heavy (non-hydrogen) atoms. The molecule has 2 unspecified atom stereocenters. The predicted molar refractivity (Wildman–Crippen MR) is 90.0 cm³/mol. The molecule has 0 fully saturated rings. The first-order chi connectivity index (χ1) is 10.2. The van der Waals surface area contributed by atoms with Crippen LogP contribution < -0.4 is 10.1 Å². The number of ether oxygens (including phenoxy) is 1. The largest absolute Gasteiger partial charge is 0.497 e. The van der Waals surface area contributed by atoms with Crippen molar-refractivity contribution in [3.8, 4) is 5.75 Å². The Balaban J connectivity index is 1.81. The highest BCUT2D eigenvalue weighted by atomic mass is 79.9. The van der Waals surface area contributed by atoms with Gasteiger partial charge in [-0.15, -0.1) is 0 Å². The van der Waals surface area contributed by atoms with E-state index in [9.17, 15) is 0 Å². The van der Waals surface area contributed by atoms with Crippen LogP contribution in [-0.2, 0) is 6.42 Å². The van der Waals surface area contributed by atoms with Crippen LogP contribution in [0.15, 0.2) is 46.9 Å². The van der Waals surface area contributed by atoms with Crippen LogP contribution in [0.1, 0.15) is 35.1 Å². The second-order valence-electron chi connectivity index (χ2n) is 5.56. The van der Waals surface area contributed by atoms with Crippen molar-refractivity contribution in [3.63, 3.8) is 0 Å². The van der Waals surface area contributed by atoms with Gasteiger partial charge < -0.3 is 10.1 Å². The van der Waals surface area contributed by atoms with Crippen LogP contribution >= 0.6 is 15.9 Å². The lowest BCUT2D eigenvalue weighted by Crippen LogP contribution is -2.25. The van der Waals surface area contributed by atoms with E-state index in [0.29, 0.717) is 12.0 Å². The zero-order valence-corrected chi connectivity index (χ0v) is 14.0.